The lowest BCUT2D eigenvalue weighted by Crippen LogP contribution is -2.41. The first-order valence-corrected chi connectivity index (χ1v) is 8.00. The zero-order valence-corrected chi connectivity index (χ0v) is 11.9. The summed E-state index contributed by atoms with van der Waals surface area (Å²) >= 11 is 0. The van der Waals surface area contributed by atoms with Crippen molar-refractivity contribution in [2.24, 2.45) is 0 Å². The molecule has 0 spiro atoms. The Bertz CT molecular complexity index is 394. The molecule has 104 valence electrons. The van der Waals surface area contributed by atoms with Crippen LogP contribution < -0.4 is 10.2 Å². The number of hydrogen-bond donors (Lipinski definition) is 1. The Morgan fingerprint density at radius 1 is 1.05 bits per heavy atom. The number of benzene rings is 1. The summed E-state index contributed by atoms with van der Waals surface area (Å²) in [5.41, 5.74) is 3.04. The van der Waals surface area contributed by atoms with Crippen LogP contribution in [0.25, 0.3) is 0 Å². The number of rotatable bonds is 2. The van der Waals surface area contributed by atoms with Crippen LogP contribution in [0.2, 0.25) is 0 Å². The summed E-state index contributed by atoms with van der Waals surface area (Å²) in [6.07, 6.45) is 9.43. The molecule has 0 radical (unpaired) electrons. The average molecular weight is 258 g/mol. The molecule has 1 N–H and O–H groups in total. The quantitative estimate of drug-likeness (QED) is 0.875. The first-order valence-electron chi connectivity index (χ1n) is 8.00. The first kappa shape index (κ1) is 13.0. The van der Waals surface area contributed by atoms with Crippen molar-refractivity contribution < 1.29 is 0 Å². The topological polar surface area (TPSA) is 15.3 Å². The molecule has 1 aromatic rings. The van der Waals surface area contributed by atoms with Gasteiger partial charge in [-0.05, 0) is 50.3 Å². The molecule has 3 rings (SSSR count). The molecule has 2 aliphatic rings. The highest BCUT2D eigenvalue weighted by atomic mass is 15.2. The van der Waals surface area contributed by atoms with Crippen molar-refractivity contribution in [2.75, 3.05) is 24.5 Å². The highest BCUT2D eigenvalue weighted by molar-refractivity contribution is 5.54. The summed E-state index contributed by atoms with van der Waals surface area (Å²) in [7, 11) is 0. The lowest BCUT2D eigenvalue weighted by Gasteiger charge is -2.29. The van der Waals surface area contributed by atoms with Crippen LogP contribution in [-0.2, 0) is 6.42 Å². The van der Waals surface area contributed by atoms with E-state index < -0.39 is 0 Å². The Morgan fingerprint density at radius 3 is 3.00 bits per heavy atom. The minimum atomic E-state index is 0.689. The van der Waals surface area contributed by atoms with Crippen molar-refractivity contribution in [3.63, 3.8) is 0 Å². The largest absolute Gasteiger partial charge is 0.370 e. The monoisotopic (exact) mass is 258 g/mol. The minimum Gasteiger partial charge on any atom is -0.370 e. The minimum absolute atomic E-state index is 0.689. The molecule has 19 heavy (non-hydrogen) atoms. The summed E-state index contributed by atoms with van der Waals surface area (Å²) in [6.45, 7) is 3.63. The van der Waals surface area contributed by atoms with Gasteiger partial charge in [0.25, 0.3) is 0 Å². The summed E-state index contributed by atoms with van der Waals surface area (Å²) in [5, 5.41) is 3.74. The van der Waals surface area contributed by atoms with Crippen molar-refractivity contribution in [2.45, 2.75) is 51.0 Å². The molecule has 2 heteroatoms. The zero-order valence-electron chi connectivity index (χ0n) is 11.9. The van der Waals surface area contributed by atoms with E-state index in [9.17, 15) is 0 Å². The van der Waals surface area contributed by atoms with Gasteiger partial charge in [0.2, 0.25) is 0 Å². The molecule has 0 aromatic heterocycles. The summed E-state index contributed by atoms with van der Waals surface area (Å²) in [6, 6.07) is 9.70. The zero-order chi connectivity index (χ0) is 12.9. The number of fused-ring (bicyclic) bond motifs is 1. The molecule has 1 atom stereocenters. The molecule has 2 nitrogen and oxygen atoms in total. The van der Waals surface area contributed by atoms with Gasteiger partial charge in [-0.3, -0.25) is 0 Å². The van der Waals surface area contributed by atoms with Crippen molar-refractivity contribution in [1.82, 2.24) is 5.32 Å². The van der Waals surface area contributed by atoms with Gasteiger partial charge in [-0.2, -0.15) is 0 Å². The van der Waals surface area contributed by atoms with Gasteiger partial charge in [0.1, 0.15) is 0 Å². The molecule has 0 aliphatic carbocycles. The van der Waals surface area contributed by atoms with E-state index in [-0.39, 0.29) is 0 Å². The number of nitrogens with one attached hydrogen (secondary N) is 1. The lowest BCUT2D eigenvalue weighted by molar-refractivity contribution is 0.498. The van der Waals surface area contributed by atoms with Crippen LogP contribution in [0.15, 0.2) is 24.3 Å². The molecule has 2 aliphatic heterocycles. The van der Waals surface area contributed by atoms with E-state index in [1.807, 2.05) is 0 Å². The van der Waals surface area contributed by atoms with Crippen molar-refractivity contribution >= 4 is 5.69 Å². The van der Waals surface area contributed by atoms with Gasteiger partial charge in [-0.1, -0.05) is 31.0 Å². The fraction of sp³-hybridized carbons (Fsp3) is 0.647. The third-order valence-electron chi connectivity index (χ3n) is 4.56. The average Bonchev–Trinajstić information content (AvgIpc) is 2.81. The van der Waals surface area contributed by atoms with Gasteiger partial charge in [-0.15, -0.1) is 0 Å². The van der Waals surface area contributed by atoms with E-state index in [0.717, 1.165) is 0 Å². The van der Waals surface area contributed by atoms with Crippen molar-refractivity contribution in [3.05, 3.63) is 29.8 Å². The van der Waals surface area contributed by atoms with Gasteiger partial charge in [0, 0.05) is 24.8 Å². The molecule has 1 unspecified atom stereocenters. The van der Waals surface area contributed by atoms with Crippen molar-refractivity contribution in [1.29, 1.82) is 0 Å². The second kappa shape index (κ2) is 6.42. The van der Waals surface area contributed by atoms with Gasteiger partial charge in [0.15, 0.2) is 0 Å². The highest BCUT2D eigenvalue weighted by Gasteiger charge is 2.19. The predicted molar refractivity (Wildman–Crippen MR) is 81.9 cm³/mol. The molecule has 1 aromatic carbocycles. The standard InChI is InChI=1S/C17H26N2/c1-2-10-16(18-12-6-1)14-19-13-7-5-9-15-8-3-4-11-17(15)19/h3-4,8,11,16,18H,1-2,5-7,9-10,12-14H2. The molecule has 0 saturated carbocycles. The summed E-state index contributed by atoms with van der Waals surface area (Å²) in [4.78, 5) is 2.63. The molecular formula is C17H26N2. The van der Waals surface area contributed by atoms with E-state index in [1.54, 1.807) is 5.56 Å². The van der Waals surface area contributed by atoms with E-state index in [2.05, 4.69) is 34.5 Å². The molecule has 1 fully saturated rings. The SMILES string of the molecule is c1ccc2c(c1)CCCCN2CC1CCCCCN1. The fourth-order valence-electron chi connectivity index (χ4n) is 3.48. The number of anilines is 1. The lowest BCUT2D eigenvalue weighted by atomic mass is 10.1. The highest BCUT2D eigenvalue weighted by Crippen LogP contribution is 2.26. The number of nitrogens with zero attached hydrogens (tertiary/aromatic N) is 1. The van der Waals surface area contributed by atoms with E-state index in [1.165, 1.54) is 70.3 Å². The molecule has 0 bridgehead atoms. The third-order valence-corrected chi connectivity index (χ3v) is 4.56. The van der Waals surface area contributed by atoms with Crippen LogP contribution in [0.5, 0.6) is 0 Å². The maximum atomic E-state index is 3.74. The van der Waals surface area contributed by atoms with E-state index in [4.69, 9.17) is 0 Å². The Balaban J connectivity index is 1.72. The molecular weight excluding hydrogens is 232 g/mol. The smallest absolute Gasteiger partial charge is 0.0399 e. The summed E-state index contributed by atoms with van der Waals surface area (Å²) < 4.78 is 0. The number of para-hydroxylation sites is 1. The number of aryl methyl sites for hydroxylation is 1. The predicted octanol–water partition coefficient (Wildman–Crippen LogP) is 3.36. The van der Waals surface area contributed by atoms with Crippen LogP contribution in [0.4, 0.5) is 5.69 Å². The molecule has 2 heterocycles. The van der Waals surface area contributed by atoms with Crippen LogP contribution in [0.3, 0.4) is 0 Å². The van der Waals surface area contributed by atoms with E-state index >= 15 is 0 Å². The van der Waals surface area contributed by atoms with Crippen LogP contribution >= 0.6 is 0 Å². The maximum Gasteiger partial charge on any atom is 0.0399 e. The van der Waals surface area contributed by atoms with Crippen LogP contribution in [-0.4, -0.2) is 25.7 Å². The van der Waals surface area contributed by atoms with Gasteiger partial charge >= 0.3 is 0 Å². The van der Waals surface area contributed by atoms with E-state index in [0.29, 0.717) is 6.04 Å². The Labute approximate surface area is 117 Å². The normalized spacial score (nSPS) is 24.4. The Hall–Kier alpha value is -1.02. The summed E-state index contributed by atoms with van der Waals surface area (Å²) in [5.74, 6) is 0. The fourth-order valence-corrected chi connectivity index (χ4v) is 3.48. The van der Waals surface area contributed by atoms with Crippen molar-refractivity contribution in [3.8, 4) is 0 Å². The molecule has 1 saturated heterocycles. The second-order valence-corrected chi connectivity index (χ2v) is 6.03. The van der Waals surface area contributed by atoms with Crippen LogP contribution in [0.1, 0.15) is 44.1 Å². The Kier molecular flexibility index (Phi) is 4.39. The second-order valence-electron chi connectivity index (χ2n) is 6.03. The number of hydrogen-bond acceptors (Lipinski definition) is 2. The maximum absolute atomic E-state index is 3.74. The third kappa shape index (κ3) is 3.30. The molecule has 0 amide bonds. The van der Waals surface area contributed by atoms with Gasteiger partial charge < -0.3 is 10.2 Å². The van der Waals surface area contributed by atoms with Crippen LogP contribution in [0, 0.1) is 0 Å². The Morgan fingerprint density at radius 2 is 2.00 bits per heavy atom. The first-order chi connectivity index (χ1) is 9.43. The van der Waals surface area contributed by atoms with Gasteiger partial charge in [0.05, 0.1) is 0 Å². The van der Waals surface area contributed by atoms with Gasteiger partial charge in [-0.25, -0.2) is 0 Å².